The fraction of sp³-hybridized carbons (Fsp3) is 0.200. The molecule has 0 bridgehead atoms. The monoisotopic (exact) mass is 587 g/mol. The van der Waals surface area contributed by atoms with E-state index in [4.69, 9.17) is 0 Å². The molecule has 0 aromatic heterocycles. The number of benzene rings is 2. The van der Waals surface area contributed by atoms with E-state index in [2.05, 4.69) is 31.9 Å². The highest BCUT2D eigenvalue weighted by atomic mass is 79.9. The van der Waals surface area contributed by atoms with E-state index in [-0.39, 0.29) is 4.47 Å². The van der Waals surface area contributed by atoms with E-state index in [1.54, 1.807) is 0 Å². The number of nitro groups is 1. The number of rotatable bonds is 5. The maximum Gasteiger partial charge on any atom is 0.461 e. The van der Waals surface area contributed by atoms with Gasteiger partial charge >= 0.3 is 17.4 Å². The van der Waals surface area contributed by atoms with Gasteiger partial charge in [-0.05, 0) is 18.2 Å². The van der Waals surface area contributed by atoms with E-state index in [0.29, 0.717) is 6.07 Å². The van der Waals surface area contributed by atoms with Crippen LogP contribution in [-0.2, 0) is 9.84 Å². The average molecular weight is 589 g/mol. The van der Waals surface area contributed by atoms with E-state index < -0.39 is 58.3 Å². The smallest absolute Gasteiger partial charge is 0.258 e. The molecular weight excluding hydrogens is 583 g/mol. The first-order chi connectivity index (χ1) is 13.5. The van der Waals surface area contributed by atoms with Gasteiger partial charge in [0.1, 0.15) is 0 Å². The summed E-state index contributed by atoms with van der Waals surface area (Å²) in [4.78, 5) is 8.55. The third kappa shape index (κ3) is 3.82. The van der Waals surface area contributed by atoms with Gasteiger partial charge in [-0.1, -0.05) is 44.0 Å². The first-order valence-corrected chi connectivity index (χ1v) is 10.3. The summed E-state index contributed by atoms with van der Waals surface area (Å²) in [5, 5.41) is 4.61. The summed E-state index contributed by atoms with van der Waals surface area (Å²) in [6.07, 6.45) is -6.90. The third-order valence-electron chi connectivity index (χ3n) is 3.74. The molecule has 0 unspecified atom stereocenters. The van der Waals surface area contributed by atoms with Crippen LogP contribution in [0.4, 0.5) is 36.4 Å². The first kappa shape index (κ1) is 24.5. The van der Waals surface area contributed by atoms with E-state index in [1.165, 1.54) is 0 Å². The number of nitrogens with zero attached hydrogens (tertiary/aromatic N) is 1. The molecule has 2 rings (SSSR count). The van der Waals surface area contributed by atoms with E-state index in [1.807, 2.05) is 0 Å². The van der Waals surface area contributed by atoms with Crippen molar-refractivity contribution in [3.8, 4) is 11.1 Å². The topological polar surface area (TPSA) is 77.3 Å². The minimum absolute atomic E-state index is 0.290. The molecule has 0 aliphatic rings. The summed E-state index contributed by atoms with van der Waals surface area (Å²) in [5.41, 5.74) is -2.29. The van der Waals surface area contributed by atoms with Crippen LogP contribution in [0.25, 0.3) is 11.1 Å². The van der Waals surface area contributed by atoms with Crippen LogP contribution >= 0.6 is 31.9 Å². The Balaban J connectivity index is 2.96. The van der Waals surface area contributed by atoms with Crippen LogP contribution in [0.5, 0.6) is 0 Å². The molecule has 2 aromatic rings. The highest BCUT2D eigenvalue weighted by Crippen LogP contribution is 2.53. The van der Waals surface area contributed by atoms with Gasteiger partial charge in [-0.25, -0.2) is 8.42 Å². The van der Waals surface area contributed by atoms with Crippen molar-refractivity contribution in [1.29, 1.82) is 0 Å². The molecule has 0 amide bonds. The lowest BCUT2D eigenvalue weighted by atomic mass is 10.0. The number of halogens is 9. The zero-order chi connectivity index (χ0) is 23.3. The lowest BCUT2D eigenvalue weighted by Gasteiger charge is -2.28. The molecule has 0 fully saturated rings. The second-order valence-electron chi connectivity index (χ2n) is 5.63. The second kappa shape index (κ2) is 7.75. The van der Waals surface area contributed by atoms with Gasteiger partial charge in [0.15, 0.2) is 0 Å². The molecule has 0 atom stereocenters. The normalized spacial score (nSPS) is 13.4. The van der Waals surface area contributed by atoms with Gasteiger partial charge in [-0.2, -0.15) is 30.7 Å². The van der Waals surface area contributed by atoms with Crippen molar-refractivity contribution in [3.63, 3.8) is 0 Å². The van der Waals surface area contributed by atoms with Crippen molar-refractivity contribution in [3.05, 3.63) is 55.5 Å². The minimum Gasteiger partial charge on any atom is -0.258 e. The summed E-state index contributed by atoms with van der Waals surface area (Å²) in [6, 6.07) is 5.48. The van der Waals surface area contributed by atoms with Gasteiger partial charge in [0.25, 0.3) is 15.5 Å². The van der Waals surface area contributed by atoms with Crippen LogP contribution in [0.2, 0.25) is 0 Å². The van der Waals surface area contributed by atoms with Gasteiger partial charge in [-0.15, -0.1) is 0 Å². The summed E-state index contributed by atoms with van der Waals surface area (Å²) in [5.74, 6) is -6.95. The number of hydrogen-bond donors (Lipinski definition) is 0. The number of nitro benzene ring substituents is 1. The van der Waals surface area contributed by atoms with Crippen molar-refractivity contribution < 1.29 is 44.1 Å². The number of alkyl halides is 7. The predicted octanol–water partition coefficient (Wildman–Crippen LogP) is 6.35. The molecule has 164 valence electrons. The molecular formula is C15H6Br2F7NO4S. The van der Waals surface area contributed by atoms with Gasteiger partial charge in [0.2, 0.25) is 0 Å². The molecule has 0 saturated carbocycles. The highest BCUT2D eigenvalue weighted by Gasteiger charge is 2.78. The molecule has 5 nitrogen and oxygen atoms in total. The van der Waals surface area contributed by atoms with Crippen LogP contribution in [-0.4, -0.2) is 30.7 Å². The molecule has 30 heavy (non-hydrogen) atoms. The molecule has 0 N–H and O–H groups in total. The van der Waals surface area contributed by atoms with Crippen molar-refractivity contribution in [1.82, 2.24) is 0 Å². The maximum atomic E-state index is 14.2. The molecule has 2 aromatic carbocycles. The number of hydrogen-bond acceptors (Lipinski definition) is 4. The Morgan fingerprint density at radius 1 is 0.933 bits per heavy atom. The Morgan fingerprint density at radius 3 is 1.97 bits per heavy atom. The Morgan fingerprint density at radius 2 is 1.47 bits per heavy atom. The Labute approximate surface area is 180 Å². The molecule has 0 radical (unpaired) electrons. The van der Waals surface area contributed by atoms with Crippen LogP contribution < -0.4 is 0 Å². The fourth-order valence-electron chi connectivity index (χ4n) is 2.34. The SMILES string of the molecule is O=[N+]([O-])c1ccccc1-c1c(Br)cc(Br)cc1S(=O)(=O)C(F)(F)C(F)(F)C(F)(F)F. The quantitative estimate of drug-likeness (QED) is 0.232. The lowest BCUT2D eigenvalue weighted by Crippen LogP contribution is -2.56. The van der Waals surface area contributed by atoms with Crippen LogP contribution in [0.15, 0.2) is 50.2 Å². The first-order valence-electron chi connectivity index (χ1n) is 7.26. The number of sulfone groups is 1. The maximum absolute atomic E-state index is 14.2. The second-order valence-corrected chi connectivity index (χ2v) is 9.36. The van der Waals surface area contributed by atoms with Crippen molar-refractivity contribution in [2.24, 2.45) is 0 Å². The van der Waals surface area contributed by atoms with Gasteiger partial charge in [0.05, 0.1) is 15.4 Å². The minimum atomic E-state index is -6.95. The lowest BCUT2D eigenvalue weighted by molar-refractivity contribution is -0.384. The predicted molar refractivity (Wildman–Crippen MR) is 97.1 cm³/mol. The molecule has 0 saturated heterocycles. The molecule has 15 heteroatoms. The van der Waals surface area contributed by atoms with Crippen LogP contribution in [0.1, 0.15) is 0 Å². The molecule has 0 heterocycles. The number of para-hydroxylation sites is 1. The zero-order valence-electron chi connectivity index (χ0n) is 13.9. The third-order valence-corrected chi connectivity index (χ3v) is 6.65. The van der Waals surface area contributed by atoms with Crippen LogP contribution in [0, 0.1) is 10.1 Å². The van der Waals surface area contributed by atoms with E-state index in [9.17, 15) is 49.3 Å². The van der Waals surface area contributed by atoms with E-state index in [0.717, 1.165) is 30.3 Å². The molecule has 0 spiro atoms. The molecule has 0 aliphatic heterocycles. The largest absolute Gasteiger partial charge is 0.461 e. The van der Waals surface area contributed by atoms with Crippen LogP contribution in [0.3, 0.4) is 0 Å². The fourth-order valence-corrected chi connectivity index (χ4v) is 5.56. The van der Waals surface area contributed by atoms with Gasteiger partial charge < -0.3 is 0 Å². The summed E-state index contributed by atoms with van der Waals surface area (Å²) in [6.45, 7) is 0. The zero-order valence-corrected chi connectivity index (χ0v) is 17.8. The van der Waals surface area contributed by atoms with E-state index >= 15 is 0 Å². The Kier molecular flexibility index (Phi) is 6.33. The standard InChI is InChI=1S/C15H6Br2F7NO4S/c16-7-5-9(17)12(8-3-1-2-4-10(8)25(26)27)11(6-7)30(28,29)15(23,24)13(18,19)14(20,21)22/h1-6H. The summed E-state index contributed by atoms with van der Waals surface area (Å²) < 4.78 is 117. The van der Waals surface area contributed by atoms with Crippen molar-refractivity contribution in [2.75, 3.05) is 0 Å². The Hall–Kier alpha value is -1.74. The average Bonchev–Trinajstić information content (AvgIpc) is 2.59. The molecule has 0 aliphatic carbocycles. The summed E-state index contributed by atoms with van der Waals surface area (Å²) in [7, 11) is -6.73. The highest BCUT2D eigenvalue weighted by molar-refractivity contribution is 9.11. The van der Waals surface area contributed by atoms with Crippen molar-refractivity contribution in [2.45, 2.75) is 22.2 Å². The Bertz CT molecular complexity index is 1120. The van der Waals surface area contributed by atoms with Gasteiger partial charge in [0, 0.05) is 20.6 Å². The van der Waals surface area contributed by atoms with Gasteiger partial charge in [-0.3, -0.25) is 10.1 Å². The summed E-state index contributed by atoms with van der Waals surface area (Å²) >= 11 is 5.53. The van der Waals surface area contributed by atoms with Crippen molar-refractivity contribution >= 4 is 47.4 Å².